The van der Waals surface area contributed by atoms with Crippen LogP contribution in [-0.4, -0.2) is 23.0 Å². The van der Waals surface area contributed by atoms with Crippen LogP contribution in [0.1, 0.15) is 31.4 Å². The molecule has 0 saturated carbocycles. The Bertz CT molecular complexity index is 606. The van der Waals surface area contributed by atoms with E-state index in [4.69, 9.17) is 27.6 Å². The van der Waals surface area contributed by atoms with E-state index < -0.39 is 0 Å². The maximum Gasteiger partial charge on any atom is 0.154 e. The third kappa shape index (κ3) is 1.95. The Kier molecular flexibility index (Phi) is 3.66. The molecular formula is C14H15Cl3N2O. The molecule has 0 N–H and O–H groups in total. The molecule has 0 atom stereocenters. The van der Waals surface area contributed by atoms with Crippen molar-refractivity contribution in [1.82, 2.24) is 9.88 Å². The van der Waals surface area contributed by atoms with Gasteiger partial charge in [-0.3, -0.25) is 4.90 Å². The minimum absolute atomic E-state index is 0. The first kappa shape index (κ1) is 14.5. The van der Waals surface area contributed by atoms with Gasteiger partial charge in [0.05, 0.1) is 10.6 Å². The van der Waals surface area contributed by atoms with Crippen LogP contribution in [0.15, 0.2) is 16.5 Å². The van der Waals surface area contributed by atoms with Crippen molar-refractivity contribution in [3.63, 3.8) is 0 Å². The number of hydrogen-bond acceptors (Lipinski definition) is 3. The molecule has 0 radical (unpaired) electrons. The molecule has 2 aliphatic heterocycles. The number of hydrogen-bond donors (Lipinski definition) is 0. The Morgan fingerprint density at radius 1 is 1.15 bits per heavy atom. The molecule has 0 aromatic carbocycles. The summed E-state index contributed by atoms with van der Waals surface area (Å²) in [5, 5.41) is 0.788. The minimum Gasteiger partial charge on any atom is -0.457 e. The van der Waals surface area contributed by atoms with Gasteiger partial charge in [-0.05, 0) is 38.8 Å². The van der Waals surface area contributed by atoms with E-state index in [1.54, 1.807) is 6.07 Å². The zero-order valence-corrected chi connectivity index (χ0v) is 13.2. The van der Waals surface area contributed by atoms with Crippen LogP contribution >= 0.6 is 35.6 Å². The van der Waals surface area contributed by atoms with Crippen molar-refractivity contribution in [2.45, 2.75) is 31.2 Å². The highest BCUT2D eigenvalue weighted by molar-refractivity contribution is 6.41. The number of fused-ring (bicyclic) bond motifs is 2. The first-order valence-electron chi connectivity index (χ1n) is 6.70. The van der Waals surface area contributed by atoms with E-state index in [-0.39, 0.29) is 17.9 Å². The van der Waals surface area contributed by atoms with Gasteiger partial charge < -0.3 is 4.42 Å². The number of nitrogens with zero attached hydrogens (tertiary/aromatic N) is 2. The van der Waals surface area contributed by atoms with Crippen molar-refractivity contribution in [3.8, 4) is 0 Å². The second-order valence-electron chi connectivity index (χ2n) is 5.48. The molecule has 3 nitrogen and oxygen atoms in total. The van der Waals surface area contributed by atoms with Gasteiger partial charge in [0.25, 0.3) is 0 Å². The highest BCUT2D eigenvalue weighted by Crippen LogP contribution is 2.48. The second-order valence-corrected chi connectivity index (χ2v) is 6.25. The molecule has 6 heteroatoms. The van der Waals surface area contributed by atoms with Crippen molar-refractivity contribution in [2.75, 3.05) is 13.1 Å². The predicted octanol–water partition coefficient (Wildman–Crippen LogP) is 4.64. The number of furan rings is 1. The molecule has 0 aliphatic carbocycles. The fourth-order valence-electron chi connectivity index (χ4n) is 3.66. The fraction of sp³-hybridized carbons (Fsp3) is 0.500. The van der Waals surface area contributed by atoms with E-state index >= 15 is 0 Å². The van der Waals surface area contributed by atoms with E-state index in [0.29, 0.717) is 10.2 Å². The minimum atomic E-state index is 0. The van der Waals surface area contributed by atoms with Crippen molar-refractivity contribution in [3.05, 3.63) is 28.1 Å². The van der Waals surface area contributed by atoms with Crippen molar-refractivity contribution >= 4 is 46.7 Å². The molecule has 4 rings (SSSR count). The summed E-state index contributed by atoms with van der Waals surface area (Å²) in [6, 6.07) is 3.81. The first-order valence-corrected chi connectivity index (χ1v) is 7.46. The quantitative estimate of drug-likeness (QED) is 0.712. The van der Waals surface area contributed by atoms with E-state index in [1.807, 2.05) is 6.07 Å². The van der Waals surface area contributed by atoms with E-state index in [0.717, 1.165) is 16.9 Å². The van der Waals surface area contributed by atoms with Crippen LogP contribution in [-0.2, 0) is 5.54 Å². The topological polar surface area (TPSA) is 29.3 Å². The molecule has 2 aromatic heterocycles. The van der Waals surface area contributed by atoms with Crippen LogP contribution in [0.25, 0.3) is 11.1 Å². The van der Waals surface area contributed by atoms with Gasteiger partial charge in [-0.1, -0.05) is 23.2 Å². The lowest BCUT2D eigenvalue weighted by atomic mass is 9.91. The average molecular weight is 334 g/mol. The third-order valence-corrected chi connectivity index (χ3v) is 5.19. The SMILES string of the molecule is Cl.Clc1cc2oc(C34CCCN3CCC4)cc2nc1Cl. The van der Waals surface area contributed by atoms with Crippen LogP contribution in [0.2, 0.25) is 10.2 Å². The summed E-state index contributed by atoms with van der Waals surface area (Å²) in [5.41, 5.74) is 1.63. The molecule has 4 heterocycles. The summed E-state index contributed by atoms with van der Waals surface area (Å²) >= 11 is 12.0. The fourth-order valence-corrected chi connectivity index (χ4v) is 3.94. The zero-order chi connectivity index (χ0) is 13.0. The van der Waals surface area contributed by atoms with Gasteiger partial charge in [-0.25, -0.2) is 4.98 Å². The van der Waals surface area contributed by atoms with E-state index in [9.17, 15) is 0 Å². The van der Waals surface area contributed by atoms with Gasteiger partial charge in [0.15, 0.2) is 5.58 Å². The van der Waals surface area contributed by atoms with Gasteiger partial charge in [0.2, 0.25) is 0 Å². The number of aromatic nitrogens is 1. The monoisotopic (exact) mass is 332 g/mol. The second kappa shape index (κ2) is 5.06. The summed E-state index contributed by atoms with van der Waals surface area (Å²) in [7, 11) is 0. The number of halogens is 3. The Morgan fingerprint density at radius 2 is 1.85 bits per heavy atom. The average Bonchev–Trinajstić information content (AvgIpc) is 3.01. The summed E-state index contributed by atoms with van der Waals surface area (Å²) < 4.78 is 6.05. The maximum atomic E-state index is 6.05. The van der Waals surface area contributed by atoms with Crippen molar-refractivity contribution in [1.29, 1.82) is 0 Å². The summed E-state index contributed by atoms with van der Waals surface area (Å²) in [5.74, 6) is 1.03. The molecule has 2 aliphatic rings. The van der Waals surface area contributed by atoms with Crippen LogP contribution in [0.4, 0.5) is 0 Å². The van der Waals surface area contributed by atoms with Gasteiger partial charge in [0.1, 0.15) is 16.4 Å². The van der Waals surface area contributed by atoms with Crippen LogP contribution in [0, 0.1) is 0 Å². The van der Waals surface area contributed by atoms with Gasteiger partial charge in [0, 0.05) is 12.1 Å². The zero-order valence-electron chi connectivity index (χ0n) is 10.9. The Hall–Kier alpha value is -0.480. The molecule has 108 valence electrons. The number of pyridine rings is 1. The Labute approximate surface area is 133 Å². The molecular weight excluding hydrogens is 319 g/mol. The molecule has 0 amide bonds. The van der Waals surface area contributed by atoms with Gasteiger partial charge in [-0.15, -0.1) is 12.4 Å². The van der Waals surface area contributed by atoms with Crippen LogP contribution < -0.4 is 0 Å². The maximum absolute atomic E-state index is 6.05. The normalized spacial score (nSPS) is 21.1. The van der Waals surface area contributed by atoms with Crippen LogP contribution in [0.3, 0.4) is 0 Å². The molecule has 2 saturated heterocycles. The number of rotatable bonds is 1. The van der Waals surface area contributed by atoms with Gasteiger partial charge in [-0.2, -0.15) is 0 Å². The summed E-state index contributed by atoms with van der Waals surface area (Å²) in [4.78, 5) is 6.85. The molecule has 2 fully saturated rings. The summed E-state index contributed by atoms with van der Waals surface area (Å²) in [6.07, 6.45) is 4.83. The lowest BCUT2D eigenvalue weighted by molar-refractivity contribution is 0.166. The molecule has 0 bridgehead atoms. The molecule has 0 unspecified atom stereocenters. The largest absolute Gasteiger partial charge is 0.457 e. The van der Waals surface area contributed by atoms with E-state index in [1.165, 1.54) is 38.8 Å². The Morgan fingerprint density at radius 3 is 2.55 bits per heavy atom. The predicted molar refractivity (Wildman–Crippen MR) is 83.0 cm³/mol. The first-order chi connectivity index (χ1) is 9.19. The van der Waals surface area contributed by atoms with Crippen LogP contribution in [0.5, 0.6) is 0 Å². The molecule has 20 heavy (non-hydrogen) atoms. The van der Waals surface area contributed by atoms with Crippen molar-refractivity contribution < 1.29 is 4.42 Å². The summed E-state index contributed by atoms with van der Waals surface area (Å²) in [6.45, 7) is 2.35. The van der Waals surface area contributed by atoms with Gasteiger partial charge >= 0.3 is 0 Å². The smallest absolute Gasteiger partial charge is 0.154 e. The lowest BCUT2D eigenvalue weighted by Gasteiger charge is -2.29. The van der Waals surface area contributed by atoms with E-state index in [2.05, 4.69) is 9.88 Å². The van der Waals surface area contributed by atoms with Crippen molar-refractivity contribution in [2.24, 2.45) is 0 Å². The standard InChI is InChI=1S/C14H14Cl2N2O.ClH/c15-9-7-11-10(17-13(9)16)8-12(19-11)14-3-1-5-18(14)6-2-4-14;/h7-8H,1-6H2;1H. The Balaban J connectivity index is 0.00000121. The lowest BCUT2D eigenvalue weighted by Crippen LogP contribution is -2.34. The molecule has 0 spiro atoms. The highest BCUT2D eigenvalue weighted by atomic mass is 35.5. The highest BCUT2D eigenvalue weighted by Gasteiger charge is 2.47. The third-order valence-electron chi connectivity index (χ3n) is 4.51. The molecule has 2 aromatic rings.